The van der Waals surface area contributed by atoms with E-state index in [0.717, 1.165) is 12.3 Å². The van der Waals surface area contributed by atoms with Crippen molar-refractivity contribution < 1.29 is 18.3 Å². The second-order valence-corrected chi connectivity index (χ2v) is 5.31. The van der Waals surface area contributed by atoms with Gasteiger partial charge < -0.3 is 10.0 Å². The molecule has 118 valence electrons. The van der Waals surface area contributed by atoms with Gasteiger partial charge in [-0.05, 0) is 25.0 Å². The number of alkyl halides is 3. The van der Waals surface area contributed by atoms with Crippen LogP contribution >= 0.6 is 0 Å². The zero-order valence-electron chi connectivity index (χ0n) is 11.5. The number of aliphatic hydroxyl groups is 1. The van der Waals surface area contributed by atoms with Crippen molar-refractivity contribution in [2.24, 2.45) is 0 Å². The second-order valence-electron chi connectivity index (χ2n) is 5.31. The van der Waals surface area contributed by atoms with Crippen molar-refractivity contribution in [2.75, 3.05) is 18.0 Å². The first kappa shape index (κ1) is 14.8. The summed E-state index contributed by atoms with van der Waals surface area (Å²) in [5.74, 6) is 0.398. The van der Waals surface area contributed by atoms with Gasteiger partial charge in [0.2, 0.25) is 0 Å². The third kappa shape index (κ3) is 2.76. The summed E-state index contributed by atoms with van der Waals surface area (Å²) in [5.41, 5.74) is -1.56. The molecule has 3 rings (SSSR count). The minimum Gasteiger partial charge on any atom is -0.382 e. The van der Waals surface area contributed by atoms with Crippen molar-refractivity contribution >= 4 is 5.82 Å². The highest BCUT2D eigenvalue weighted by atomic mass is 19.4. The molecule has 1 atom stereocenters. The van der Waals surface area contributed by atoms with Crippen LogP contribution in [0.15, 0.2) is 24.5 Å². The van der Waals surface area contributed by atoms with Crippen LogP contribution in [0.4, 0.5) is 19.0 Å². The smallest absolute Gasteiger partial charge is 0.382 e. The molecule has 0 bridgehead atoms. The molecule has 9 heteroatoms. The molecule has 0 unspecified atom stereocenters. The predicted octanol–water partition coefficient (Wildman–Crippen LogP) is 1.71. The number of halogens is 3. The van der Waals surface area contributed by atoms with Crippen LogP contribution in [-0.4, -0.2) is 38.6 Å². The van der Waals surface area contributed by atoms with Crippen LogP contribution in [0.1, 0.15) is 24.1 Å². The Bertz CT molecular complexity index is 628. The predicted molar refractivity (Wildman–Crippen MR) is 71.0 cm³/mol. The van der Waals surface area contributed by atoms with Gasteiger partial charge in [-0.25, -0.2) is 4.98 Å². The molecule has 0 aromatic carbocycles. The first-order chi connectivity index (χ1) is 10.4. The SMILES string of the molecule is O[C@@]1(c2cn[nH]n2)CCCN(c2ccc(C(F)(F)F)cn2)C1. The van der Waals surface area contributed by atoms with Crippen molar-refractivity contribution in [3.63, 3.8) is 0 Å². The number of hydrogen-bond donors (Lipinski definition) is 2. The molecule has 1 aliphatic rings. The Hall–Kier alpha value is -2.16. The molecule has 2 aromatic heterocycles. The van der Waals surface area contributed by atoms with Crippen LogP contribution in [0.3, 0.4) is 0 Å². The number of H-pyrrole nitrogens is 1. The minimum atomic E-state index is -4.41. The molecule has 0 saturated carbocycles. The van der Waals surface area contributed by atoms with Gasteiger partial charge in [0.25, 0.3) is 0 Å². The van der Waals surface area contributed by atoms with E-state index in [0.29, 0.717) is 30.9 Å². The van der Waals surface area contributed by atoms with Gasteiger partial charge in [-0.1, -0.05) is 0 Å². The van der Waals surface area contributed by atoms with E-state index in [4.69, 9.17) is 0 Å². The van der Waals surface area contributed by atoms with E-state index in [-0.39, 0.29) is 6.54 Å². The van der Waals surface area contributed by atoms with Crippen molar-refractivity contribution in [2.45, 2.75) is 24.6 Å². The topological polar surface area (TPSA) is 77.9 Å². The molecule has 6 nitrogen and oxygen atoms in total. The van der Waals surface area contributed by atoms with Crippen molar-refractivity contribution in [1.29, 1.82) is 0 Å². The lowest BCUT2D eigenvalue weighted by molar-refractivity contribution is -0.137. The molecule has 3 heterocycles. The number of nitrogens with zero attached hydrogens (tertiary/aromatic N) is 4. The van der Waals surface area contributed by atoms with Gasteiger partial charge in [0.05, 0.1) is 18.3 Å². The molecule has 22 heavy (non-hydrogen) atoms. The van der Waals surface area contributed by atoms with Crippen molar-refractivity contribution in [3.05, 3.63) is 35.8 Å². The van der Waals surface area contributed by atoms with Crippen LogP contribution in [0.2, 0.25) is 0 Å². The van der Waals surface area contributed by atoms with Gasteiger partial charge in [0.15, 0.2) is 0 Å². The Labute approximate surface area is 124 Å². The van der Waals surface area contributed by atoms with Crippen LogP contribution in [0.25, 0.3) is 0 Å². The molecule has 2 aromatic rings. The summed E-state index contributed by atoms with van der Waals surface area (Å²) in [4.78, 5) is 5.62. The number of aromatic nitrogens is 4. The lowest BCUT2D eigenvalue weighted by Gasteiger charge is -2.38. The summed E-state index contributed by atoms with van der Waals surface area (Å²) in [5, 5.41) is 20.7. The molecule has 2 N–H and O–H groups in total. The molecule has 0 radical (unpaired) electrons. The number of nitrogens with one attached hydrogen (secondary N) is 1. The number of aromatic amines is 1. The van der Waals surface area contributed by atoms with Crippen molar-refractivity contribution in [1.82, 2.24) is 20.4 Å². The lowest BCUT2D eigenvalue weighted by Crippen LogP contribution is -2.46. The number of anilines is 1. The molecule has 1 saturated heterocycles. The number of hydrogen-bond acceptors (Lipinski definition) is 5. The van der Waals surface area contributed by atoms with Gasteiger partial charge in [-0.3, -0.25) is 0 Å². The van der Waals surface area contributed by atoms with E-state index in [2.05, 4.69) is 20.4 Å². The lowest BCUT2D eigenvalue weighted by atomic mass is 9.90. The summed E-state index contributed by atoms with van der Waals surface area (Å²) < 4.78 is 37.7. The average molecular weight is 313 g/mol. The summed E-state index contributed by atoms with van der Waals surface area (Å²) in [6.45, 7) is 0.816. The van der Waals surface area contributed by atoms with Crippen LogP contribution < -0.4 is 4.90 Å². The zero-order chi connectivity index (χ0) is 15.8. The third-order valence-electron chi connectivity index (χ3n) is 3.76. The number of rotatable bonds is 2. The van der Waals surface area contributed by atoms with E-state index in [1.807, 2.05) is 0 Å². The maximum Gasteiger partial charge on any atom is 0.417 e. The highest BCUT2D eigenvalue weighted by Gasteiger charge is 2.38. The molecule has 1 fully saturated rings. The average Bonchev–Trinajstić information content (AvgIpc) is 3.02. The van der Waals surface area contributed by atoms with E-state index in [1.165, 1.54) is 12.3 Å². The van der Waals surface area contributed by atoms with Crippen LogP contribution in [0.5, 0.6) is 0 Å². The molecule has 0 aliphatic carbocycles. The monoisotopic (exact) mass is 313 g/mol. The van der Waals surface area contributed by atoms with E-state index in [1.54, 1.807) is 4.90 Å². The van der Waals surface area contributed by atoms with Gasteiger partial charge in [0.1, 0.15) is 17.1 Å². The van der Waals surface area contributed by atoms with Crippen LogP contribution in [0, 0.1) is 0 Å². The highest BCUT2D eigenvalue weighted by Crippen LogP contribution is 2.33. The number of piperidine rings is 1. The molecule has 1 aliphatic heterocycles. The largest absolute Gasteiger partial charge is 0.417 e. The fourth-order valence-electron chi connectivity index (χ4n) is 2.61. The van der Waals surface area contributed by atoms with E-state index in [9.17, 15) is 18.3 Å². The highest BCUT2D eigenvalue weighted by molar-refractivity contribution is 5.41. The van der Waals surface area contributed by atoms with E-state index >= 15 is 0 Å². The number of pyridine rings is 1. The standard InChI is InChI=1S/C13H14F3N5O/c14-13(15,16)9-2-3-11(17-6-9)21-5-1-4-12(22,8-21)10-7-18-20-19-10/h2-3,6-7,22H,1,4-5,8H2,(H,18,19,20)/t12-/m0/s1. The minimum absolute atomic E-state index is 0.206. The van der Waals surface area contributed by atoms with E-state index < -0.39 is 17.3 Å². The second kappa shape index (κ2) is 5.24. The van der Waals surface area contributed by atoms with Gasteiger partial charge in [0, 0.05) is 12.7 Å². The van der Waals surface area contributed by atoms with Gasteiger partial charge >= 0.3 is 6.18 Å². The number of β-amino-alcohol motifs (C(OH)–C–C–N with tert-alkyl or cyclic N) is 1. The normalized spacial score (nSPS) is 22.8. The Kier molecular flexibility index (Phi) is 3.51. The first-order valence-corrected chi connectivity index (χ1v) is 6.75. The molecular formula is C13H14F3N5O. The summed E-state index contributed by atoms with van der Waals surface area (Å²) in [7, 11) is 0. The maximum atomic E-state index is 12.6. The van der Waals surface area contributed by atoms with Crippen LogP contribution in [-0.2, 0) is 11.8 Å². The quantitative estimate of drug-likeness (QED) is 0.882. The fraction of sp³-hybridized carbons (Fsp3) is 0.462. The first-order valence-electron chi connectivity index (χ1n) is 6.75. The summed E-state index contributed by atoms with van der Waals surface area (Å²) >= 11 is 0. The Balaban J connectivity index is 1.80. The third-order valence-corrected chi connectivity index (χ3v) is 3.76. The Morgan fingerprint density at radius 2 is 2.09 bits per heavy atom. The van der Waals surface area contributed by atoms with Crippen molar-refractivity contribution in [3.8, 4) is 0 Å². The van der Waals surface area contributed by atoms with Gasteiger partial charge in [-0.2, -0.15) is 28.6 Å². The molecule has 0 amide bonds. The zero-order valence-corrected chi connectivity index (χ0v) is 11.5. The molecule has 0 spiro atoms. The van der Waals surface area contributed by atoms with Gasteiger partial charge in [-0.15, -0.1) is 0 Å². The fourth-order valence-corrected chi connectivity index (χ4v) is 2.61. The summed E-state index contributed by atoms with van der Waals surface area (Å²) in [6.07, 6.45) is -0.972. The Morgan fingerprint density at radius 3 is 2.68 bits per heavy atom. The molecular weight excluding hydrogens is 299 g/mol. The summed E-state index contributed by atoms with van der Waals surface area (Å²) in [6, 6.07) is 2.31. The maximum absolute atomic E-state index is 12.6. The Morgan fingerprint density at radius 1 is 1.27 bits per heavy atom.